The van der Waals surface area contributed by atoms with E-state index in [0.717, 1.165) is 25.6 Å². The first kappa shape index (κ1) is 15.5. The molecule has 0 bridgehead atoms. The van der Waals surface area contributed by atoms with E-state index in [1.165, 1.54) is 18.5 Å². The van der Waals surface area contributed by atoms with Gasteiger partial charge in [-0.3, -0.25) is 9.58 Å². The molecule has 1 aromatic heterocycles. The highest BCUT2D eigenvalue weighted by molar-refractivity contribution is 5.02. The molecule has 1 aliphatic heterocycles. The second-order valence-electron chi connectivity index (χ2n) is 6.96. The molecule has 1 saturated heterocycles. The highest BCUT2D eigenvalue weighted by Gasteiger charge is 2.34. The predicted octanol–water partition coefficient (Wildman–Crippen LogP) is 2.41. The molecular weight excluding hydrogens is 248 g/mol. The Morgan fingerprint density at radius 1 is 1.50 bits per heavy atom. The van der Waals surface area contributed by atoms with E-state index in [2.05, 4.69) is 49.1 Å². The summed E-state index contributed by atoms with van der Waals surface area (Å²) in [5, 5.41) is 8.30. The number of rotatable bonds is 5. The number of aryl methyl sites for hydroxylation is 1. The maximum atomic E-state index is 4.55. The summed E-state index contributed by atoms with van der Waals surface area (Å²) in [6.07, 6.45) is 4.45. The Balaban J connectivity index is 2.08. The van der Waals surface area contributed by atoms with Crippen LogP contribution in [0, 0.1) is 5.92 Å². The van der Waals surface area contributed by atoms with Crippen LogP contribution in [0.3, 0.4) is 0 Å². The smallest absolute Gasteiger partial charge is 0.0764 e. The van der Waals surface area contributed by atoms with Gasteiger partial charge in [-0.05, 0) is 31.7 Å². The van der Waals surface area contributed by atoms with Crippen LogP contribution in [0.4, 0.5) is 0 Å². The fourth-order valence-electron chi connectivity index (χ4n) is 3.08. The first-order valence-electron chi connectivity index (χ1n) is 7.89. The first-order chi connectivity index (χ1) is 9.42. The van der Waals surface area contributed by atoms with Crippen molar-refractivity contribution in [3.05, 3.63) is 18.0 Å². The van der Waals surface area contributed by atoms with Crippen LogP contribution in [-0.4, -0.2) is 39.4 Å². The summed E-state index contributed by atoms with van der Waals surface area (Å²) < 4.78 is 1.90. The molecule has 2 atom stereocenters. The lowest BCUT2D eigenvalue weighted by atomic mass is 9.90. The summed E-state index contributed by atoms with van der Waals surface area (Å²) in [6.45, 7) is 12.4. The molecule has 4 nitrogen and oxygen atoms in total. The van der Waals surface area contributed by atoms with E-state index in [4.69, 9.17) is 0 Å². The number of aromatic nitrogens is 2. The van der Waals surface area contributed by atoms with E-state index in [1.807, 2.05) is 17.9 Å². The van der Waals surface area contributed by atoms with Gasteiger partial charge in [0.15, 0.2) is 0 Å². The Morgan fingerprint density at radius 3 is 2.80 bits per heavy atom. The Bertz CT molecular complexity index is 426. The summed E-state index contributed by atoms with van der Waals surface area (Å²) >= 11 is 0. The van der Waals surface area contributed by atoms with Crippen LogP contribution in [0.25, 0.3) is 0 Å². The first-order valence-corrected chi connectivity index (χ1v) is 7.89. The van der Waals surface area contributed by atoms with Crippen LogP contribution in [0.5, 0.6) is 0 Å². The number of piperazine rings is 1. The lowest BCUT2D eigenvalue weighted by molar-refractivity contribution is 0.0653. The Labute approximate surface area is 123 Å². The van der Waals surface area contributed by atoms with Crippen molar-refractivity contribution in [3.8, 4) is 0 Å². The summed E-state index contributed by atoms with van der Waals surface area (Å²) in [7, 11) is 1.99. The average Bonchev–Trinajstić information content (AvgIpc) is 2.78. The zero-order valence-corrected chi connectivity index (χ0v) is 13.7. The molecule has 2 heterocycles. The standard InChI is InChI=1S/C16H30N4/c1-6-16(4)12-20(11-14-7-8-19(5)18-14)15(10-17-16)9-13(2)3/h7-8,13,15,17H,6,9-12H2,1-5H3. The van der Waals surface area contributed by atoms with E-state index in [0.29, 0.717) is 6.04 Å². The van der Waals surface area contributed by atoms with Gasteiger partial charge in [-0.25, -0.2) is 0 Å². The minimum absolute atomic E-state index is 0.238. The minimum atomic E-state index is 0.238. The Hall–Kier alpha value is -0.870. The molecule has 1 fully saturated rings. The van der Waals surface area contributed by atoms with Crippen LogP contribution >= 0.6 is 0 Å². The molecule has 2 rings (SSSR count). The molecule has 1 aliphatic rings. The molecule has 2 unspecified atom stereocenters. The number of nitrogens with one attached hydrogen (secondary N) is 1. The van der Waals surface area contributed by atoms with E-state index < -0.39 is 0 Å². The van der Waals surface area contributed by atoms with Gasteiger partial charge < -0.3 is 5.32 Å². The summed E-state index contributed by atoms with van der Waals surface area (Å²) in [5.74, 6) is 0.735. The number of hydrogen-bond donors (Lipinski definition) is 1. The third-order valence-electron chi connectivity index (χ3n) is 4.49. The van der Waals surface area contributed by atoms with Crippen LogP contribution < -0.4 is 5.32 Å². The van der Waals surface area contributed by atoms with Crippen LogP contribution in [-0.2, 0) is 13.6 Å². The summed E-state index contributed by atoms with van der Waals surface area (Å²) in [6, 6.07) is 2.76. The molecule has 0 amide bonds. The topological polar surface area (TPSA) is 33.1 Å². The number of nitrogens with zero attached hydrogens (tertiary/aromatic N) is 3. The molecule has 1 aromatic rings. The number of hydrogen-bond acceptors (Lipinski definition) is 3. The quantitative estimate of drug-likeness (QED) is 0.898. The van der Waals surface area contributed by atoms with E-state index in [9.17, 15) is 0 Å². The highest BCUT2D eigenvalue weighted by Crippen LogP contribution is 2.24. The van der Waals surface area contributed by atoms with Gasteiger partial charge in [-0.2, -0.15) is 5.10 Å². The SMILES string of the molecule is CCC1(C)CN(Cc2ccn(C)n2)C(CC(C)C)CN1. The van der Waals surface area contributed by atoms with Gasteiger partial charge in [0.25, 0.3) is 0 Å². The van der Waals surface area contributed by atoms with Crippen molar-refractivity contribution in [2.45, 2.75) is 58.7 Å². The Morgan fingerprint density at radius 2 is 2.25 bits per heavy atom. The molecule has 20 heavy (non-hydrogen) atoms. The van der Waals surface area contributed by atoms with Crippen molar-refractivity contribution in [2.75, 3.05) is 13.1 Å². The van der Waals surface area contributed by atoms with Crippen LogP contribution in [0.2, 0.25) is 0 Å². The van der Waals surface area contributed by atoms with Gasteiger partial charge in [-0.15, -0.1) is 0 Å². The van der Waals surface area contributed by atoms with Gasteiger partial charge >= 0.3 is 0 Å². The van der Waals surface area contributed by atoms with Crippen LogP contribution in [0.15, 0.2) is 12.3 Å². The maximum Gasteiger partial charge on any atom is 0.0764 e. The molecule has 0 radical (unpaired) electrons. The fraction of sp³-hybridized carbons (Fsp3) is 0.812. The van der Waals surface area contributed by atoms with Gasteiger partial charge in [0.2, 0.25) is 0 Å². The molecular formula is C16H30N4. The third kappa shape index (κ3) is 3.83. The van der Waals surface area contributed by atoms with Crippen molar-refractivity contribution >= 4 is 0 Å². The molecule has 114 valence electrons. The van der Waals surface area contributed by atoms with Gasteiger partial charge in [0.1, 0.15) is 0 Å². The van der Waals surface area contributed by atoms with Crippen molar-refractivity contribution < 1.29 is 0 Å². The molecule has 0 saturated carbocycles. The van der Waals surface area contributed by atoms with Crippen LogP contribution in [0.1, 0.15) is 46.2 Å². The van der Waals surface area contributed by atoms with Crippen molar-refractivity contribution in [1.82, 2.24) is 20.0 Å². The average molecular weight is 278 g/mol. The van der Waals surface area contributed by atoms with Crippen molar-refractivity contribution in [2.24, 2.45) is 13.0 Å². The lowest BCUT2D eigenvalue weighted by Crippen LogP contribution is -2.62. The summed E-state index contributed by atoms with van der Waals surface area (Å²) in [5.41, 5.74) is 1.42. The molecule has 1 N–H and O–H groups in total. The predicted molar refractivity (Wildman–Crippen MR) is 83.6 cm³/mol. The molecule has 0 aromatic carbocycles. The lowest BCUT2D eigenvalue weighted by Gasteiger charge is -2.46. The van der Waals surface area contributed by atoms with E-state index in [-0.39, 0.29) is 5.54 Å². The highest BCUT2D eigenvalue weighted by atomic mass is 15.3. The second kappa shape index (κ2) is 6.27. The molecule has 0 spiro atoms. The van der Waals surface area contributed by atoms with Crippen molar-refractivity contribution in [1.29, 1.82) is 0 Å². The normalized spacial score (nSPS) is 28.2. The van der Waals surface area contributed by atoms with Gasteiger partial charge in [0, 0.05) is 44.5 Å². The second-order valence-corrected chi connectivity index (χ2v) is 6.96. The summed E-state index contributed by atoms with van der Waals surface area (Å²) in [4.78, 5) is 2.63. The largest absolute Gasteiger partial charge is 0.309 e. The minimum Gasteiger partial charge on any atom is -0.309 e. The third-order valence-corrected chi connectivity index (χ3v) is 4.49. The molecule has 4 heteroatoms. The van der Waals surface area contributed by atoms with E-state index >= 15 is 0 Å². The van der Waals surface area contributed by atoms with Crippen molar-refractivity contribution in [3.63, 3.8) is 0 Å². The fourth-order valence-corrected chi connectivity index (χ4v) is 3.08. The zero-order chi connectivity index (χ0) is 14.8. The van der Waals surface area contributed by atoms with Gasteiger partial charge in [0.05, 0.1) is 5.69 Å². The van der Waals surface area contributed by atoms with Gasteiger partial charge in [-0.1, -0.05) is 20.8 Å². The zero-order valence-electron chi connectivity index (χ0n) is 13.7. The maximum absolute atomic E-state index is 4.55. The Kier molecular flexibility index (Phi) is 4.86. The van der Waals surface area contributed by atoms with E-state index in [1.54, 1.807) is 0 Å². The monoisotopic (exact) mass is 278 g/mol. The molecule has 0 aliphatic carbocycles.